The molecule has 0 fully saturated rings. The van der Waals surface area contributed by atoms with Gasteiger partial charge in [-0.2, -0.15) is 13.2 Å². The maximum Gasteiger partial charge on any atom is 0.416 e. The summed E-state index contributed by atoms with van der Waals surface area (Å²) in [7, 11) is 5.17. The third kappa shape index (κ3) is 3.45. The van der Waals surface area contributed by atoms with Gasteiger partial charge in [0.2, 0.25) is 0 Å². The first-order valence-corrected chi connectivity index (χ1v) is 8.87. The van der Waals surface area contributed by atoms with Crippen LogP contribution in [0.5, 0.6) is 5.75 Å². The average molecular weight is 387 g/mol. The zero-order valence-electron chi connectivity index (χ0n) is 12.7. The summed E-state index contributed by atoms with van der Waals surface area (Å²) in [6.07, 6.45) is -3.20. The molecule has 25 heavy (non-hydrogen) atoms. The van der Waals surface area contributed by atoms with Gasteiger partial charge in [0.1, 0.15) is 22.1 Å². The van der Waals surface area contributed by atoms with E-state index in [2.05, 4.69) is 9.97 Å². The number of benzene rings is 2. The minimum Gasteiger partial charge on any atom is -0.496 e. The second-order valence-electron chi connectivity index (χ2n) is 5.04. The first-order valence-electron chi connectivity index (χ1n) is 6.89. The molecule has 0 aliphatic carbocycles. The molecular formula is C16H10ClF3N2O2S. The number of halogens is 4. The summed E-state index contributed by atoms with van der Waals surface area (Å²) >= 11 is 0. The fourth-order valence-electron chi connectivity index (χ4n) is 2.41. The Morgan fingerprint density at radius 2 is 1.88 bits per heavy atom. The van der Waals surface area contributed by atoms with Crippen LogP contribution in [0.3, 0.4) is 0 Å². The van der Waals surface area contributed by atoms with Crippen LogP contribution in [0.15, 0.2) is 47.6 Å². The van der Waals surface area contributed by atoms with Crippen LogP contribution in [-0.4, -0.2) is 21.3 Å². The van der Waals surface area contributed by atoms with Crippen molar-refractivity contribution in [3.63, 3.8) is 0 Å². The number of fused-ring (bicyclic) bond motifs is 1. The summed E-state index contributed by atoms with van der Waals surface area (Å²) in [5, 5.41) is 0.575. The van der Waals surface area contributed by atoms with Gasteiger partial charge in [0, 0.05) is 10.9 Å². The van der Waals surface area contributed by atoms with E-state index >= 15 is 0 Å². The minimum atomic E-state index is -4.47. The fourth-order valence-corrected chi connectivity index (χ4v) is 3.08. The Labute approximate surface area is 147 Å². The molecule has 9 heteroatoms. The van der Waals surface area contributed by atoms with Crippen molar-refractivity contribution in [2.45, 2.75) is 11.1 Å². The monoisotopic (exact) mass is 386 g/mol. The van der Waals surface area contributed by atoms with E-state index in [0.29, 0.717) is 27.1 Å². The molecule has 1 aromatic heterocycles. The molecule has 3 rings (SSSR count). The van der Waals surface area contributed by atoms with Crippen LogP contribution in [0.2, 0.25) is 0 Å². The first-order chi connectivity index (χ1) is 11.8. The molecule has 0 bridgehead atoms. The number of alkyl halides is 3. The maximum absolute atomic E-state index is 12.9. The van der Waals surface area contributed by atoms with Crippen molar-refractivity contribution >= 4 is 31.6 Å². The van der Waals surface area contributed by atoms with Gasteiger partial charge in [-0.15, -0.1) is 0 Å². The van der Waals surface area contributed by atoms with Crippen molar-refractivity contribution < 1.29 is 22.1 Å². The average Bonchev–Trinajstić information content (AvgIpc) is 2.59. The van der Waals surface area contributed by atoms with Crippen molar-refractivity contribution in [3.05, 3.63) is 48.3 Å². The Hall–Kier alpha value is -2.19. The summed E-state index contributed by atoms with van der Waals surface area (Å²) in [4.78, 5) is 8.64. The van der Waals surface area contributed by atoms with Crippen LogP contribution in [0.4, 0.5) is 13.2 Å². The van der Waals surface area contributed by atoms with E-state index in [1.54, 1.807) is 18.2 Å². The Morgan fingerprint density at radius 3 is 2.52 bits per heavy atom. The van der Waals surface area contributed by atoms with Gasteiger partial charge in [-0.3, -0.25) is 0 Å². The first kappa shape index (κ1) is 17.6. The number of nitrogens with zero attached hydrogens (tertiary/aromatic N) is 2. The highest BCUT2D eigenvalue weighted by molar-refractivity contribution is 8.08. The molecule has 0 saturated heterocycles. The van der Waals surface area contributed by atoms with E-state index in [1.807, 2.05) is 0 Å². The van der Waals surface area contributed by atoms with Crippen molar-refractivity contribution in [3.8, 4) is 17.0 Å². The topological polar surface area (TPSA) is 52.1 Å². The number of ether oxygens (including phenoxy) is 1. The van der Waals surface area contributed by atoms with Crippen LogP contribution in [0, 0.1) is 0 Å². The molecule has 1 heterocycles. The maximum atomic E-state index is 12.9. The highest BCUT2D eigenvalue weighted by Gasteiger charge is 2.31. The molecule has 0 saturated carbocycles. The Bertz CT molecular complexity index is 979. The highest BCUT2D eigenvalue weighted by Crippen LogP contribution is 2.38. The lowest BCUT2D eigenvalue weighted by molar-refractivity contribution is -0.137. The van der Waals surface area contributed by atoms with Gasteiger partial charge in [0.15, 0.2) is 0 Å². The number of hydrogen-bond acceptors (Lipinski definition) is 4. The lowest BCUT2D eigenvalue weighted by Crippen LogP contribution is -2.05. The third-order valence-corrected chi connectivity index (χ3v) is 4.74. The summed E-state index contributed by atoms with van der Waals surface area (Å²) in [5.74, 6) is 0.0415. The molecule has 4 nitrogen and oxygen atoms in total. The molecule has 0 aliphatic rings. The van der Waals surface area contributed by atoms with E-state index in [9.17, 15) is 17.4 Å². The Balaban J connectivity index is 2.21. The lowest BCUT2D eigenvalue weighted by Gasteiger charge is -2.13. The van der Waals surface area contributed by atoms with E-state index in [0.717, 1.165) is 12.1 Å². The fraction of sp³-hybridized carbons (Fsp3) is 0.125. The molecule has 0 aliphatic heterocycles. The second-order valence-corrected chi connectivity index (χ2v) is 6.80. The molecule has 0 spiro atoms. The zero-order valence-corrected chi connectivity index (χ0v) is 14.2. The zero-order chi connectivity index (χ0) is 18.2. The van der Waals surface area contributed by atoms with Crippen LogP contribution in [0.25, 0.3) is 22.2 Å². The molecule has 0 amide bonds. The third-order valence-electron chi connectivity index (χ3n) is 3.58. The Morgan fingerprint density at radius 1 is 1.12 bits per heavy atom. The van der Waals surface area contributed by atoms with Crippen molar-refractivity contribution in [2.24, 2.45) is 0 Å². The predicted octanol–water partition coefficient (Wildman–Crippen LogP) is 4.59. The van der Waals surface area contributed by atoms with E-state index in [-0.39, 0.29) is 5.75 Å². The van der Waals surface area contributed by atoms with Gasteiger partial charge >= 0.3 is 6.18 Å². The van der Waals surface area contributed by atoms with Crippen molar-refractivity contribution in [1.29, 1.82) is 0 Å². The predicted molar refractivity (Wildman–Crippen MR) is 88.8 cm³/mol. The molecule has 0 N–H and O–H groups in total. The lowest BCUT2D eigenvalue weighted by atomic mass is 10.0. The number of methoxy groups -OCH3 is 1. The second kappa shape index (κ2) is 6.61. The smallest absolute Gasteiger partial charge is 0.416 e. The van der Waals surface area contributed by atoms with Gasteiger partial charge < -0.3 is 4.74 Å². The number of hydrogen-bond donors (Lipinski definition) is 0. The van der Waals surface area contributed by atoms with Gasteiger partial charge in [-0.25, -0.2) is 14.2 Å². The SMILES string of the molecule is COc1cc(C(F)(F)F)ccc1-c1ncnc2cc(S(=O)Cl)ccc12. The molecule has 3 aromatic rings. The largest absolute Gasteiger partial charge is 0.496 e. The van der Waals surface area contributed by atoms with Crippen molar-refractivity contribution in [2.75, 3.05) is 7.11 Å². The molecule has 1 atom stereocenters. The Kier molecular flexibility index (Phi) is 4.66. The quantitative estimate of drug-likeness (QED) is 0.618. The van der Waals surface area contributed by atoms with Gasteiger partial charge in [0.05, 0.1) is 28.8 Å². The summed E-state index contributed by atoms with van der Waals surface area (Å²) in [6.45, 7) is 0. The number of rotatable bonds is 3. The van der Waals surface area contributed by atoms with Crippen LogP contribution in [0.1, 0.15) is 5.56 Å². The highest BCUT2D eigenvalue weighted by atomic mass is 35.7. The van der Waals surface area contributed by atoms with E-state index in [1.165, 1.54) is 19.5 Å². The van der Waals surface area contributed by atoms with E-state index in [4.69, 9.17) is 15.4 Å². The van der Waals surface area contributed by atoms with Crippen LogP contribution in [-0.2, 0) is 16.2 Å². The molecule has 130 valence electrons. The summed E-state index contributed by atoms with van der Waals surface area (Å²) < 4.78 is 55.2. The van der Waals surface area contributed by atoms with E-state index < -0.39 is 21.8 Å². The molecular weight excluding hydrogens is 377 g/mol. The standard InChI is InChI=1S/C16H10ClF3N2O2S/c1-24-14-6-9(16(18,19)20)2-4-12(14)15-11-5-3-10(25(17)23)7-13(11)21-8-22-15/h2-8H,1H3. The molecule has 0 radical (unpaired) electrons. The van der Waals surface area contributed by atoms with Crippen molar-refractivity contribution in [1.82, 2.24) is 9.97 Å². The summed E-state index contributed by atoms with van der Waals surface area (Å²) in [5.41, 5.74) is 0.454. The van der Waals surface area contributed by atoms with Crippen LogP contribution >= 0.6 is 10.7 Å². The van der Waals surface area contributed by atoms with Gasteiger partial charge in [-0.05, 0) is 47.1 Å². The molecule has 2 aromatic carbocycles. The molecule has 1 unspecified atom stereocenters. The normalized spacial score (nSPS) is 13.0. The minimum absolute atomic E-state index is 0.0415. The summed E-state index contributed by atoms with van der Waals surface area (Å²) in [6, 6.07) is 7.91. The van der Waals surface area contributed by atoms with Crippen LogP contribution < -0.4 is 4.74 Å². The van der Waals surface area contributed by atoms with Gasteiger partial charge in [0.25, 0.3) is 0 Å². The van der Waals surface area contributed by atoms with Gasteiger partial charge in [-0.1, -0.05) is 0 Å². The number of aromatic nitrogens is 2.